The minimum absolute atomic E-state index is 0.0555. The first-order valence-electron chi connectivity index (χ1n) is 7.29. The van der Waals surface area contributed by atoms with Crippen molar-refractivity contribution in [1.82, 2.24) is 9.97 Å². The number of nitrogens with two attached hydrogens (primary N) is 1. The summed E-state index contributed by atoms with van der Waals surface area (Å²) in [5, 5.41) is 10.1. The average Bonchev–Trinajstić information content (AvgIpc) is 2.46. The van der Waals surface area contributed by atoms with Crippen LogP contribution in [0.5, 0.6) is 5.88 Å². The Kier molecular flexibility index (Phi) is 5.00. The van der Waals surface area contributed by atoms with E-state index >= 15 is 0 Å². The molecule has 20 heavy (non-hydrogen) atoms. The Labute approximate surface area is 120 Å². The smallest absolute Gasteiger partial charge is 0.242 e. The van der Waals surface area contributed by atoms with Crippen LogP contribution in [-0.4, -0.2) is 40.9 Å². The quantitative estimate of drug-likeness (QED) is 0.852. The van der Waals surface area contributed by atoms with Crippen LogP contribution >= 0.6 is 0 Å². The zero-order valence-corrected chi connectivity index (χ0v) is 12.2. The molecular formula is C14H24N4O2. The third kappa shape index (κ3) is 3.12. The number of aromatic nitrogens is 2. The maximum Gasteiger partial charge on any atom is 0.242 e. The van der Waals surface area contributed by atoms with Gasteiger partial charge >= 0.3 is 0 Å². The monoisotopic (exact) mass is 280 g/mol. The molecule has 2 unspecified atom stereocenters. The number of anilines is 2. The highest BCUT2D eigenvalue weighted by atomic mass is 16.5. The number of nitrogens with zero attached hydrogens (tertiary/aromatic N) is 3. The van der Waals surface area contributed by atoms with Gasteiger partial charge in [-0.05, 0) is 19.3 Å². The Morgan fingerprint density at radius 1 is 1.40 bits per heavy atom. The first-order chi connectivity index (χ1) is 9.65. The Morgan fingerprint density at radius 2 is 2.15 bits per heavy atom. The van der Waals surface area contributed by atoms with E-state index in [1.165, 1.54) is 6.33 Å². The second-order valence-electron chi connectivity index (χ2n) is 5.29. The lowest BCUT2D eigenvalue weighted by Gasteiger charge is -2.36. The molecule has 1 aliphatic rings. The van der Waals surface area contributed by atoms with Crippen LogP contribution in [-0.2, 0) is 0 Å². The summed E-state index contributed by atoms with van der Waals surface area (Å²) in [6.45, 7) is 2.61. The van der Waals surface area contributed by atoms with Crippen LogP contribution in [0.2, 0.25) is 0 Å². The molecule has 1 saturated carbocycles. The lowest BCUT2D eigenvalue weighted by Crippen LogP contribution is -2.44. The fraction of sp³-hybridized carbons (Fsp3) is 0.714. The van der Waals surface area contributed by atoms with E-state index in [4.69, 9.17) is 10.5 Å². The SMILES string of the molecule is CCCOc1ncnc(N(C)C2CCCCC2O)c1N. The van der Waals surface area contributed by atoms with Gasteiger partial charge in [0.1, 0.15) is 12.0 Å². The van der Waals surface area contributed by atoms with Crippen LogP contribution in [0.25, 0.3) is 0 Å². The second-order valence-corrected chi connectivity index (χ2v) is 5.29. The summed E-state index contributed by atoms with van der Waals surface area (Å²) in [5.74, 6) is 1.06. The summed E-state index contributed by atoms with van der Waals surface area (Å²) in [5.41, 5.74) is 6.55. The highest BCUT2D eigenvalue weighted by Crippen LogP contribution is 2.32. The van der Waals surface area contributed by atoms with Crippen LogP contribution < -0.4 is 15.4 Å². The van der Waals surface area contributed by atoms with Gasteiger partial charge in [-0.1, -0.05) is 19.8 Å². The minimum atomic E-state index is -0.330. The number of rotatable bonds is 5. The van der Waals surface area contributed by atoms with Gasteiger partial charge in [-0.2, -0.15) is 4.98 Å². The van der Waals surface area contributed by atoms with Crippen molar-refractivity contribution in [3.05, 3.63) is 6.33 Å². The van der Waals surface area contributed by atoms with Crippen LogP contribution in [0.4, 0.5) is 11.5 Å². The van der Waals surface area contributed by atoms with Crippen molar-refractivity contribution < 1.29 is 9.84 Å². The lowest BCUT2D eigenvalue weighted by atomic mass is 9.91. The molecule has 1 aliphatic carbocycles. The van der Waals surface area contributed by atoms with E-state index in [-0.39, 0.29) is 12.1 Å². The summed E-state index contributed by atoms with van der Waals surface area (Å²) in [4.78, 5) is 10.3. The van der Waals surface area contributed by atoms with E-state index in [2.05, 4.69) is 9.97 Å². The maximum absolute atomic E-state index is 10.1. The van der Waals surface area contributed by atoms with Gasteiger partial charge < -0.3 is 20.5 Å². The molecule has 3 N–H and O–H groups in total. The molecule has 6 heteroatoms. The zero-order chi connectivity index (χ0) is 14.5. The molecule has 1 aromatic rings. The third-order valence-electron chi connectivity index (χ3n) is 3.79. The summed E-state index contributed by atoms with van der Waals surface area (Å²) < 4.78 is 5.53. The lowest BCUT2D eigenvalue weighted by molar-refractivity contribution is 0.106. The maximum atomic E-state index is 10.1. The fourth-order valence-electron chi connectivity index (χ4n) is 2.67. The molecule has 0 amide bonds. The second kappa shape index (κ2) is 6.74. The van der Waals surface area contributed by atoms with E-state index < -0.39 is 0 Å². The van der Waals surface area contributed by atoms with E-state index in [0.717, 1.165) is 32.1 Å². The Morgan fingerprint density at radius 3 is 2.85 bits per heavy atom. The number of ether oxygens (including phenoxy) is 1. The number of aliphatic hydroxyl groups excluding tert-OH is 1. The van der Waals surface area contributed by atoms with Crippen molar-refractivity contribution in [2.24, 2.45) is 0 Å². The molecule has 0 spiro atoms. The Hall–Kier alpha value is -1.56. The van der Waals surface area contributed by atoms with Gasteiger partial charge in [0, 0.05) is 7.05 Å². The highest BCUT2D eigenvalue weighted by molar-refractivity contribution is 5.67. The van der Waals surface area contributed by atoms with Crippen LogP contribution in [0, 0.1) is 0 Å². The first-order valence-corrected chi connectivity index (χ1v) is 7.29. The molecule has 2 rings (SSSR count). The van der Waals surface area contributed by atoms with Gasteiger partial charge in [-0.25, -0.2) is 4.98 Å². The molecule has 0 bridgehead atoms. The highest BCUT2D eigenvalue weighted by Gasteiger charge is 2.29. The van der Waals surface area contributed by atoms with Gasteiger partial charge in [0.05, 0.1) is 18.8 Å². The van der Waals surface area contributed by atoms with Crippen LogP contribution in [0.3, 0.4) is 0 Å². The fourth-order valence-corrected chi connectivity index (χ4v) is 2.67. The molecule has 0 aliphatic heterocycles. The standard InChI is InChI=1S/C14H24N4O2/c1-3-8-20-14-12(15)13(16-9-17-14)18(2)10-6-4-5-7-11(10)19/h9-11,19H,3-8,15H2,1-2H3. The van der Waals surface area contributed by atoms with Gasteiger partial charge in [0.2, 0.25) is 5.88 Å². The van der Waals surface area contributed by atoms with E-state index in [1.54, 1.807) is 0 Å². The van der Waals surface area contributed by atoms with Gasteiger partial charge in [0.25, 0.3) is 0 Å². The molecule has 2 atom stereocenters. The van der Waals surface area contributed by atoms with Gasteiger partial charge in [-0.3, -0.25) is 0 Å². The number of hydrogen-bond donors (Lipinski definition) is 2. The summed E-state index contributed by atoms with van der Waals surface area (Å²) >= 11 is 0. The van der Waals surface area contributed by atoms with E-state index in [0.29, 0.717) is 24.0 Å². The van der Waals surface area contributed by atoms with Gasteiger partial charge in [-0.15, -0.1) is 0 Å². The summed E-state index contributed by atoms with van der Waals surface area (Å²) in [7, 11) is 1.92. The molecule has 1 heterocycles. The summed E-state index contributed by atoms with van der Waals surface area (Å²) in [6, 6.07) is 0.0555. The Balaban J connectivity index is 2.18. The van der Waals surface area contributed by atoms with Crippen molar-refractivity contribution in [2.75, 3.05) is 24.3 Å². The molecule has 0 saturated heterocycles. The summed E-state index contributed by atoms with van der Waals surface area (Å²) in [6.07, 6.45) is 6.01. The Bertz CT molecular complexity index is 441. The zero-order valence-electron chi connectivity index (χ0n) is 12.2. The van der Waals surface area contributed by atoms with Crippen molar-refractivity contribution in [3.8, 4) is 5.88 Å². The number of likely N-dealkylation sites (N-methyl/N-ethyl adjacent to an activating group) is 1. The van der Waals surface area contributed by atoms with E-state index in [1.807, 2.05) is 18.9 Å². The molecule has 1 aromatic heterocycles. The number of aliphatic hydroxyl groups is 1. The predicted molar refractivity (Wildman–Crippen MR) is 78.9 cm³/mol. The molecular weight excluding hydrogens is 256 g/mol. The normalized spacial score (nSPS) is 22.6. The van der Waals surface area contributed by atoms with Crippen molar-refractivity contribution >= 4 is 11.5 Å². The molecule has 6 nitrogen and oxygen atoms in total. The van der Waals surface area contributed by atoms with Crippen LogP contribution in [0.1, 0.15) is 39.0 Å². The topological polar surface area (TPSA) is 84.5 Å². The minimum Gasteiger partial charge on any atom is -0.476 e. The molecule has 112 valence electrons. The molecule has 0 aromatic carbocycles. The van der Waals surface area contributed by atoms with Crippen molar-refractivity contribution in [1.29, 1.82) is 0 Å². The van der Waals surface area contributed by atoms with Crippen LogP contribution in [0.15, 0.2) is 6.33 Å². The molecule has 0 radical (unpaired) electrons. The number of nitrogen functional groups attached to an aromatic ring is 1. The average molecular weight is 280 g/mol. The largest absolute Gasteiger partial charge is 0.476 e. The van der Waals surface area contributed by atoms with E-state index in [9.17, 15) is 5.11 Å². The van der Waals surface area contributed by atoms with Gasteiger partial charge in [0.15, 0.2) is 5.82 Å². The predicted octanol–water partition coefficient (Wildman–Crippen LogP) is 1.59. The third-order valence-corrected chi connectivity index (χ3v) is 3.79. The van der Waals surface area contributed by atoms with Crippen molar-refractivity contribution in [3.63, 3.8) is 0 Å². The first kappa shape index (κ1) is 14.8. The van der Waals surface area contributed by atoms with Crippen molar-refractivity contribution in [2.45, 2.75) is 51.2 Å². The molecule has 1 fully saturated rings. The number of hydrogen-bond acceptors (Lipinski definition) is 6.